The minimum atomic E-state index is -0.435. The van der Waals surface area contributed by atoms with Gasteiger partial charge in [0.25, 0.3) is 0 Å². The summed E-state index contributed by atoms with van der Waals surface area (Å²) in [5.74, 6) is 0.296. The fourth-order valence-electron chi connectivity index (χ4n) is 1.68. The molecule has 0 saturated heterocycles. The fraction of sp³-hybridized carbons (Fsp3) is 0.143. The second kappa shape index (κ2) is 5.84. The minimum Gasteiger partial charge on any atom is -0.482 e. The first-order valence-electron chi connectivity index (χ1n) is 5.68. The molecular weight excluding hydrogens is 310 g/mol. The molecule has 0 aliphatic rings. The highest BCUT2D eigenvalue weighted by molar-refractivity contribution is 9.10. The summed E-state index contributed by atoms with van der Waals surface area (Å²) in [6, 6.07) is 12.5. The quantitative estimate of drug-likeness (QED) is 0.625. The van der Waals surface area contributed by atoms with Crippen molar-refractivity contribution in [1.29, 1.82) is 0 Å². The van der Waals surface area contributed by atoms with Gasteiger partial charge in [-0.2, -0.15) is 0 Å². The van der Waals surface area contributed by atoms with Gasteiger partial charge in [0.05, 0.1) is 4.92 Å². The number of nitro groups is 1. The molecule has 0 amide bonds. The van der Waals surface area contributed by atoms with Gasteiger partial charge in [0.2, 0.25) is 0 Å². The van der Waals surface area contributed by atoms with Crippen LogP contribution in [0.5, 0.6) is 5.75 Å². The smallest absolute Gasteiger partial charge is 0.310 e. The number of benzene rings is 2. The molecule has 0 atom stereocenters. The molecule has 0 bridgehead atoms. The lowest BCUT2D eigenvalue weighted by molar-refractivity contribution is -0.386. The summed E-state index contributed by atoms with van der Waals surface area (Å²) < 4.78 is 6.51. The predicted molar refractivity (Wildman–Crippen MR) is 76.3 cm³/mol. The first-order chi connectivity index (χ1) is 9.06. The van der Waals surface area contributed by atoms with Gasteiger partial charge in [-0.3, -0.25) is 10.1 Å². The Hall–Kier alpha value is -1.88. The zero-order valence-electron chi connectivity index (χ0n) is 10.3. The molecule has 0 saturated carbocycles. The van der Waals surface area contributed by atoms with E-state index >= 15 is 0 Å². The van der Waals surface area contributed by atoms with Gasteiger partial charge in [0.1, 0.15) is 6.61 Å². The predicted octanol–water partition coefficient (Wildman–Crippen LogP) is 4.24. The van der Waals surface area contributed by atoms with E-state index in [1.54, 1.807) is 12.1 Å². The minimum absolute atomic E-state index is 0.0133. The van der Waals surface area contributed by atoms with Crippen molar-refractivity contribution in [3.63, 3.8) is 0 Å². The Labute approximate surface area is 119 Å². The lowest BCUT2D eigenvalue weighted by Gasteiger charge is -2.08. The molecule has 0 heterocycles. The number of hydrogen-bond donors (Lipinski definition) is 0. The third kappa shape index (κ3) is 3.54. The largest absolute Gasteiger partial charge is 0.482 e. The Balaban J connectivity index is 2.19. The van der Waals surface area contributed by atoms with Crippen molar-refractivity contribution >= 4 is 21.6 Å². The molecule has 0 unspecified atom stereocenters. The normalized spacial score (nSPS) is 10.2. The Kier molecular flexibility index (Phi) is 4.16. The van der Waals surface area contributed by atoms with Crippen LogP contribution in [0.3, 0.4) is 0 Å². The fourth-order valence-corrected chi connectivity index (χ4v) is 2.12. The van der Waals surface area contributed by atoms with Crippen LogP contribution in [0.4, 0.5) is 5.69 Å². The average molecular weight is 322 g/mol. The maximum atomic E-state index is 10.9. The van der Waals surface area contributed by atoms with Crippen LogP contribution in [-0.4, -0.2) is 4.92 Å². The molecule has 0 radical (unpaired) electrons. The number of aryl methyl sites for hydroxylation is 1. The van der Waals surface area contributed by atoms with E-state index in [4.69, 9.17) is 4.74 Å². The zero-order chi connectivity index (χ0) is 13.8. The lowest BCUT2D eigenvalue weighted by Crippen LogP contribution is -1.99. The summed E-state index contributed by atoms with van der Waals surface area (Å²) in [6.07, 6.45) is 0. The molecule has 0 aliphatic carbocycles. The summed E-state index contributed by atoms with van der Waals surface area (Å²) >= 11 is 3.37. The van der Waals surface area contributed by atoms with Crippen molar-refractivity contribution in [2.75, 3.05) is 0 Å². The molecule has 98 valence electrons. The van der Waals surface area contributed by atoms with E-state index in [2.05, 4.69) is 15.9 Å². The van der Waals surface area contributed by atoms with Crippen LogP contribution >= 0.6 is 15.9 Å². The SMILES string of the molecule is Cc1ccc([N+](=O)[O-])c(OCc2cccc(Br)c2)c1. The van der Waals surface area contributed by atoms with Crippen molar-refractivity contribution in [2.24, 2.45) is 0 Å². The van der Waals surface area contributed by atoms with Crippen molar-refractivity contribution in [2.45, 2.75) is 13.5 Å². The van der Waals surface area contributed by atoms with Gasteiger partial charge in [-0.1, -0.05) is 34.1 Å². The Morgan fingerprint density at radius 3 is 2.74 bits per heavy atom. The second-order valence-electron chi connectivity index (χ2n) is 4.15. The Morgan fingerprint density at radius 1 is 1.26 bits per heavy atom. The van der Waals surface area contributed by atoms with Gasteiger partial charge in [0, 0.05) is 10.5 Å². The van der Waals surface area contributed by atoms with Crippen LogP contribution in [0.2, 0.25) is 0 Å². The van der Waals surface area contributed by atoms with E-state index in [-0.39, 0.29) is 5.69 Å². The molecule has 5 heteroatoms. The number of hydrogen-bond acceptors (Lipinski definition) is 3. The molecule has 0 fully saturated rings. The number of nitro benzene ring substituents is 1. The third-order valence-corrected chi connectivity index (χ3v) is 3.09. The summed E-state index contributed by atoms with van der Waals surface area (Å²) in [6.45, 7) is 2.17. The highest BCUT2D eigenvalue weighted by atomic mass is 79.9. The van der Waals surface area contributed by atoms with Crippen molar-refractivity contribution in [3.05, 3.63) is 68.2 Å². The first-order valence-corrected chi connectivity index (χ1v) is 6.48. The second-order valence-corrected chi connectivity index (χ2v) is 5.06. The monoisotopic (exact) mass is 321 g/mol. The summed E-state index contributed by atoms with van der Waals surface area (Å²) in [5, 5.41) is 10.9. The lowest BCUT2D eigenvalue weighted by atomic mass is 10.2. The third-order valence-electron chi connectivity index (χ3n) is 2.60. The number of nitrogens with zero attached hydrogens (tertiary/aromatic N) is 1. The molecule has 0 aromatic heterocycles. The van der Waals surface area contributed by atoms with E-state index in [0.717, 1.165) is 15.6 Å². The highest BCUT2D eigenvalue weighted by Gasteiger charge is 2.14. The van der Waals surface area contributed by atoms with Crippen LogP contribution in [0, 0.1) is 17.0 Å². The standard InChI is InChI=1S/C14H12BrNO3/c1-10-5-6-13(16(17)18)14(7-10)19-9-11-3-2-4-12(15)8-11/h2-8H,9H2,1H3. The molecule has 0 aliphatic heterocycles. The van der Waals surface area contributed by atoms with Crippen LogP contribution < -0.4 is 4.74 Å². The van der Waals surface area contributed by atoms with Crippen molar-refractivity contribution in [1.82, 2.24) is 0 Å². The summed E-state index contributed by atoms with van der Waals surface area (Å²) in [5.41, 5.74) is 1.86. The van der Waals surface area contributed by atoms with E-state index in [9.17, 15) is 10.1 Å². The van der Waals surface area contributed by atoms with Crippen molar-refractivity contribution in [3.8, 4) is 5.75 Å². The van der Waals surface area contributed by atoms with Gasteiger partial charge in [0.15, 0.2) is 5.75 Å². The van der Waals surface area contributed by atoms with Gasteiger partial charge in [-0.05, 0) is 36.2 Å². The maximum absolute atomic E-state index is 10.9. The molecule has 2 aromatic carbocycles. The van der Waals surface area contributed by atoms with E-state index in [1.165, 1.54) is 6.07 Å². The number of halogens is 1. The maximum Gasteiger partial charge on any atom is 0.310 e. The van der Waals surface area contributed by atoms with Crippen LogP contribution in [0.1, 0.15) is 11.1 Å². The van der Waals surface area contributed by atoms with Crippen LogP contribution in [-0.2, 0) is 6.61 Å². The number of ether oxygens (including phenoxy) is 1. The molecule has 2 aromatic rings. The average Bonchev–Trinajstić information content (AvgIpc) is 2.36. The zero-order valence-corrected chi connectivity index (χ0v) is 11.9. The van der Waals surface area contributed by atoms with Gasteiger partial charge < -0.3 is 4.74 Å². The molecular formula is C14H12BrNO3. The number of rotatable bonds is 4. The summed E-state index contributed by atoms with van der Waals surface area (Å²) in [7, 11) is 0. The Morgan fingerprint density at radius 2 is 2.05 bits per heavy atom. The molecule has 19 heavy (non-hydrogen) atoms. The summed E-state index contributed by atoms with van der Waals surface area (Å²) in [4.78, 5) is 10.5. The topological polar surface area (TPSA) is 52.4 Å². The first kappa shape index (κ1) is 13.5. The molecule has 4 nitrogen and oxygen atoms in total. The molecule has 2 rings (SSSR count). The highest BCUT2D eigenvalue weighted by Crippen LogP contribution is 2.28. The molecule has 0 spiro atoms. The van der Waals surface area contributed by atoms with Crippen molar-refractivity contribution < 1.29 is 9.66 Å². The van der Waals surface area contributed by atoms with Gasteiger partial charge in [-0.15, -0.1) is 0 Å². The Bertz CT molecular complexity index is 613. The van der Waals surface area contributed by atoms with Crippen LogP contribution in [0.25, 0.3) is 0 Å². The molecule has 0 N–H and O–H groups in total. The van der Waals surface area contributed by atoms with Gasteiger partial charge in [-0.25, -0.2) is 0 Å². The van der Waals surface area contributed by atoms with E-state index < -0.39 is 4.92 Å². The van der Waals surface area contributed by atoms with Crippen LogP contribution in [0.15, 0.2) is 46.9 Å². The van der Waals surface area contributed by atoms with Gasteiger partial charge >= 0.3 is 5.69 Å². The van der Waals surface area contributed by atoms with E-state index in [0.29, 0.717) is 12.4 Å². The van der Waals surface area contributed by atoms with E-state index in [1.807, 2.05) is 31.2 Å².